The highest BCUT2D eigenvalue weighted by Gasteiger charge is 2.26. The molecular formula is C13H20N2OS. The summed E-state index contributed by atoms with van der Waals surface area (Å²) in [5.41, 5.74) is 5.91. The van der Waals surface area contributed by atoms with Crippen LogP contribution in [0.3, 0.4) is 0 Å². The van der Waals surface area contributed by atoms with Crippen molar-refractivity contribution >= 4 is 17.2 Å². The van der Waals surface area contributed by atoms with Gasteiger partial charge in [0, 0.05) is 16.8 Å². The second kappa shape index (κ2) is 5.65. The van der Waals surface area contributed by atoms with Gasteiger partial charge in [0.2, 0.25) is 5.91 Å². The molecule has 1 heterocycles. The van der Waals surface area contributed by atoms with Crippen LogP contribution in [0.2, 0.25) is 0 Å². The Morgan fingerprint density at radius 2 is 2.41 bits per heavy atom. The zero-order valence-electron chi connectivity index (χ0n) is 10.2. The van der Waals surface area contributed by atoms with Crippen molar-refractivity contribution in [3.63, 3.8) is 0 Å². The molecule has 0 saturated heterocycles. The number of nitrogens with one attached hydrogen (secondary N) is 1. The summed E-state index contributed by atoms with van der Waals surface area (Å²) >= 11 is 1.68. The molecule has 2 unspecified atom stereocenters. The summed E-state index contributed by atoms with van der Waals surface area (Å²) in [5.74, 6) is 0.280. The summed E-state index contributed by atoms with van der Waals surface area (Å²) in [7, 11) is 0. The average Bonchev–Trinajstić information content (AvgIpc) is 2.82. The van der Waals surface area contributed by atoms with Crippen LogP contribution >= 0.6 is 11.3 Å². The summed E-state index contributed by atoms with van der Waals surface area (Å²) in [4.78, 5) is 13.3. The maximum Gasteiger partial charge on any atom is 0.223 e. The van der Waals surface area contributed by atoms with Crippen molar-refractivity contribution in [3.8, 4) is 0 Å². The molecule has 1 saturated carbocycles. The number of rotatable bonds is 3. The summed E-state index contributed by atoms with van der Waals surface area (Å²) in [6, 6.07) is 4.39. The van der Waals surface area contributed by atoms with Crippen molar-refractivity contribution < 1.29 is 4.79 Å². The van der Waals surface area contributed by atoms with Crippen LogP contribution in [0.4, 0.5) is 0 Å². The first kappa shape index (κ1) is 12.6. The third-order valence-corrected chi connectivity index (χ3v) is 4.47. The summed E-state index contributed by atoms with van der Waals surface area (Å²) < 4.78 is 0. The van der Waals surface area contributed by atoms with Crippen LogP contribution < -0.4 is 11.1 Å². The zero-order valence-corrected chi connectivity index (χ0v) is 11.0. The molecule has 3 N–H and O–H groups in total. The Labute approximate surface area is 106 Å². The average molecular weight is 252 g/mol. The van der Waals surface area contributed by atoms with Crippen LogP contribution in [0.5, 0.6) is 0 Å². The first-order chi connectivity index (χ1) is 8.16. The van der Waals surface area contributed by atoms with Gasteiger partial charge >= 0.3 is 0 Å². The SMILES string of the molecule is C[C@H](NC(=O)C1CCCC(N)C1)c1cccs1. The molecule has 4 heteroatoms. The molecule has 1 aliphatic rings. The fourth-order valence-corrected chi connectivity index (χ4v) is 3.14. The number of hydrogen-bond donors (Lipinski definition) is 2. The minimum Gasteiger partial charge on any atom is -0.349 e. The second-order valence-electron chi connectivity index (χ2n) is 4.87. The van der Waals surface area contributed by atoms with E-state index in [1.54, 1.807) is 11.3 Å². The number of hydrogen-bond acceptors (Lipinski definition) is 3. The third kappa shape index (κ3) is 3.30. The van der Waals surface area contributed by atoms with E-state index in [1.165, 1.54) is 4.88 Å². The van der Waals surface area contributed by atoms with Gasteiger partial charge < -0.3 is 11.1 Å². The molecule has 1 amide bonds. The number of nitrogens with two attached hydrogens (primary N) is 1. The monoisotopic (exact) mass is 252 g/mol. The third-order valence-electron chi connectivity index (χ3n) is 3.41. The fourth-order valence-electron chi connectivity index (χ4n) is 2.41. The van der Waals surface area contributed by atoms with Gasteiger partial charge in [0.15, 0.2) is 0 Å². The molecule has 3 nitrogen and oxygen atoms in total. The molecule has 0 spiro atoms. The van der Waals surface area contributed by atoms with Gasteiger partial charge in [-0.15, -0.1) is 11.3 Å². The normalized spacial score (nSPS) is 26.5. The molecule has 0 bridgehead atoms. The van der Waals surface area contributed by atoms with Crippen molar-refractivity contribution in [1.82, 2.24) is 5.32 Å². The van der Waals surface area contributed by atoms with Crippen molar-refractivity contribution in [3.05, 3.63) is 22.4 Å². The van der Waals surface area contributed by atoms with Crippen LogP contribution in [0, 0.1) is 5.92 Å². The van der Waals surface area contributed by atoms with Crippen LogP contribution in [-0.4, -0.2) is 11.9 Å². The molecule has 1 aliphatic carbocycles. The van der Waals surface area contributed by atoms with Gasteiger partial charge in [0.1, 0.15) is 0 Å². The molecule has 0 radical (unpaired) electrons. The van der Waals surface area contributed by atoms with E-state index in [9.17, 15) is 4.79 Å². The van der Waals surface area contributed by atoms with Crippen molar-refractivity contribution in [1.29, 1.82) is 0 Å². The quantitative estimate of drug-likeness (QED) is 0.868. The van der Waals surface area contributed by atoms with E-state index in [2.05, 4.69) is 11.4 Å². The second-order valence-corrected chi connectivity index (χ2v) is 5.85. The molecule has 3 atom stereocenters. The number of thiophene rings is 1. The van der Waals surface area contributed by atoms with Gasteiger partial charge in [-0.25, -0.2) is 0 Å². The van der Waals surface area contributed by atoms with Crippen molar-refractivity contribution in [2.24, 2.45) is 11.7 Å². The van der Waals surface area contributed by atoms with Gasteiger partial charge in [-0.2, -0.15) is 0 Å². The van der Waals surface area contributed by atoms with Crippen molar-refractivity contribution in [2.75, 3.05) is 0 Å². The van der Waals surface area contributed by atoms with E-state index in [-0.39, 0.29) is 23.9 Å². The van der Waals surface area contributed by atoms with E-state index < -0.39 is 0 Å². The first-order valence-electron chi connectivity index (χ1n) is 6.26. The van der Waals surface area contributed by atoms with Crippen molar-refractivity contribution in [2.45, 2.75) is 44.7 Å². The summed E-state index contributed by atoms with van der Waals surface area (Å²) in [6.07, 6.45) is 3.95. The molecule has 2 rings (SSSR count). The van der Waals surface area contributed by atoms with Crippen LogP contribution in [-0.2, 0) is 4.79 Å². The Hall–Kier alpha value is -0.870. The van der Waals surface area contributed by atoms with E-state index in [0.717, 1.165) is 25.7 Å². The Morgan fingerprint density at radius 1 is 1.59 bits per heavy atom. The number of carbonyl (C=O) groups is 1. The molecule has 1 fully saturated rings. The van der Waals surface area contributed by atoms with E-state index >= 15 is 0 Å². The summed E-state index contributed by atoms with van der Waals surface area (Å²) in [6.45, 7) is 2.03. The van der Waals surface area contributed by atoms with Gasteiger partial charge in [-0.3, -0.25) is 4.79 Å². The van der Waals surface area contributed by atoms with E-state index in [0.29, 0.717) is 0 Å². The maximum absolute atomic E-state index is 12.1. The highest BCUT2D eigenvalue weighted by Crippen LogP contribution is 2.25. The van der Waals surface area contributed by atoms with Gasteiger partial charge in [0.25, 0.3) is 0 Å². The highest BCUT2D eigenvalue weighted by molar-refractivity contribution is 7.10. The first-order valence-corrected chi connectivity index (χ1v) is 7.14. The zero-order chi connectivity index (χ0) is 12.3. The summed E-state index contributed by atoms with van der Waals surface area (Å²) in [5, 5.41) is 5.12. The Balaban J connectivity index is 1.88. The Bertz CT molecular complexity index is 364. The smallest absolute Gasteiger partial charge is 0.223 e. The molecule has 17 heavy (non-hydrogen) atoms. The minimum absolute atomic E-state index is 0.112. The topological polar surface area (TPSA) is 55.1 Å². The van der Waals surface area contributed by atoms with E-state index in [4.69, 9.17) is 5.73 Å². The van der Waals surface area contributed by atoms with Crippen LogP contribution in [0.1, 0.15) is 43.5 Å². The lowest BCUT2D eigenvalue weighted by molar-refractivity contribution is -0.126. The fraction of sp³-hybridized carbons (Fsp3) is 0.615. The van der Waals surface area contributed by atoms with E-state index in [1.807, 2.05) is 18.4 Å². The molecule has 1 aromatic heterocycles. The lowest BCUT2D eigenvalue weighted by Crippen LogP contribution is -2.38. The molecule has 94 valence electrons. The van der Waals surface area contributed by atoms with Crippen LogP contribution in [0.15, 0.2) is 17.5 Å². The predicted octanol–water partition coefficient (Wildman–Crippen LogP) is 2.44. The number of carbonyl (C=O) groups excluding carboxylic acids is 1. The van der Waals surface area contributed by atoms with Gasteiger partial charge in [0.05, 0.1) is 6.04 Å². The molecule has 1 aromatic rings. The predicted molar refractivity (Wildman–Crippen MR) is 70.8 cm³/mol. The highest BCUT2D eigenvalue weighted by atomic mass is 32.1. The standard InChI is InChI=1S/C13H20N2OS/c1-9(12-6-3-7-17-12)15-13(16)10-4-2-5-11(14)8-10/h3,6-7,9-11H,2,4-5,8,14H2,1H3,(H,15,16)/t9-,10?,11?/m0/s1. The minimum atomic E-state index is 0.112. The number of amides is 1. The van der Waals surface area contributed by atoms with Gasteiger partial charge in [-0.1, -0.05) is 12.5 Å². The lowest BCUT2D eigenvalue weighted by Gasteiger charge is -2.26. The maximum atomic E-state index is 12.1. The molecular weight excluding hydrogens is 232 g/mol. The molecule has 0 aromatic carbocycles. The molecule has 0 aliphatic heterocycles. The van der Waals surface area contributed by atoms with Gasteiger partial charge in [-0.05, 0) is 37.6 Å². The lowest BCUT2D eigenvalue weighted by atomic mass is 9.85. The largest absolute Gasteiger partial charge is 0.349 e. The van der Waals surface area contributed by atoms with Crippen LogP contribution in [0.25, 0.3) is 0 Å². The Morgan fingerprint density at radius 3 is 3.06 bits per heavy atom. The Kier molecular flexibility index (Phi) is 4.18.